The van der Waals surface area contributed by atoms with Crippen LogP contribution in [0.4, 0.5) is 5.13 Å². The quantitative estimate of drug-likeness (QED) is 0.844. The number of methoxy groups -OCH3 is 1. The van der Waals surface area contributed by atoms with Crippen molar-refractivity contribution in [1.29, 1.82) is 0 Å². The van der Waals surface area contributed by atoms with E-state index in [9.17, 15) is 9.59 Å². The third-order valence-electron chi connectivity index (χ3n) is 2.81. The largest absolute Gasteiger partial charge is 0.469 e. The van der Waals surface area contributed by atoms with Crippen LogP contribution in [0.15, 0.2) is 11.6 Å². The van der Waals surface area contributed by atoms with E-state index in [2.05, 4.69) is 20.1 Å². The summed E-state index contributed by atoms with van der Waals surface area (Å²) in [4.78, 5) is 27.6. The number of carbonyl (C=O) groups excluding carboxylic acids is 2. The van der Waals surface area contributed by atoms with Crippen molar-refractivity contribution < 1.29 is 14.3 Å². The molecular weight excluding hydrogens is 292 g/mol. The molecular formula is C13H16N4O3S. The lowest BCUT2D eigenvalue weighted by atomic mass is 10.2. The minimum absolute atomic E-state index is 0.0932. The minimum atomic E-state index is -0.362. The molecule has 0 unspecified atom stereocenters. The molecule has 2 heterocycles. The van der Waals surface area contributed by atoms with E-state index >= 15 is 0 Å². The van der Waals surface area contributed by atoms with Gasteiger partial charge in [0.2, 0.25) is 0 Å². The zero-order chi connectivity index (χ0) is 15.4. The second-order valence-electron chi connectivity index (χ2n) is 4.37. The van der Waals surface area contributed by atoms with Gasteiger partial charge >= 0.3 is 5.97 Å². The molecule has 21 heavy (non-hydrogen) atoms. The molecule has 0 fully saturated rings. The van der Waals surface area contributed by atoms with Crippen molar-refractivity contribution in [1.82, 2.24) is 14.8 Å². The van der Waals surface area contributed by atoms with Gasteiger partial charge < -0.3 is 4.74 Å². The first-order valence-electron chi connectivity index (χ1n) is 6.38. The number of nitrogens with zero attached hydrogens (tertiary/aromatic N) is 3. The second-order valence-corrected chi connectivity index (χ2v) is 5.23. The number of carbonyl (C=O) groups is 2. The Morgan fingerprint density at radius 1 is 1.48 bits per heavy atom. The summed E-state index contributed by atoms with van der Waals surface area (Å²) in [6.07, 6.45) is 2.45. The van der Waals surface area contributed by atoms with Crippen molar-refractivity contribution in [3.05, 3.63) is 28.5 Å². The number of hydrogen-bond acceptors (Lipinski definition) is 6. The SMILES string of the molecule is CCc1nn(C)cc1C(=O)Nc1nc(CC(=O)OC)cs1. The fraction of sp³-hybridized carbons (Fsp3) is 0.385. The number of ether oxygens (including phenoxy) is 1. The summed E-state index contributed by atoms with van der Waals surface area (Å²) in [5.74, 6) is -0.613. The predicted octanol–water partition coefficient (Wildman–Crippen LogP) is 1.41. The fourth-order valence-electron chi connectivity index (χ4n) is 1.82. The Bertz CT molecular complexity index is 662. The predicted molar refractivity (Wildman–Crippen MR) is 78.4 cm³/mol. The first kappa shape index (κ1) is 15.2. The Labute approximate surface area is 125 Å². The van der Waals surface area contributed by atoms with Crippen LogP contribution in [0.2, 0.25) is 0 Å². The lowest BCUT2D eigenvalue weighted by molar-refractivity contribution is -0.139. The van der Waals surface area contributed by atoms with E-state index < -0.39 is 0 Å². The molecule has 0 aromatic carbocycles. The number of amides is 1. The van der Waals surface area contributed by atoms with Crippen molar-refractivity contribution >= 4 is 28.3 Å². The van der Waals surface area contributed by atoms with Gasteiger partial charge in [-0.25, -0.2) is 4.98 Å². The molecule has 2 aromatic rings. The molecule has 0 aliphatic heterocycles. The molecule has 0 aliphatic carbocycles. The average Bonchev–Trinajstić information content (AvgIpc) is 3.05. The van der Waals surface area contributed by atoms with Gasteiger partial charge in [-0.3, -0.25) is 19.6 Å². The lowest BCUT2D eigenvalue weighted by Crippen LogP contribution is -2.13. The highest BCUT2D eigenvalue weighted by molar-refractivity contribution is 7.14. The summed E-state index contributed by atoms with van der Waals surface area (Å²) < 4.78 is 6.18. The van der Waals surface area contributed by atoms with Gasteiger partial charge in [-0.15, -0.1) is 11.3 Å². The van der Waals surface area contributed by atoms with Crippen LogP contribution in [0.3, 0.4) is 0 Å². The Balaban J connectivity index is 2.07. The number of nitrogens with one attached hydrogen (secondary N) is 1. The maximum Gasteiger partial charge on any atom is 0.311 e. The zero-order valence-corrected chi connectivity index (χ0v) is 12.9. The van der Waals surface area contributed by atoms with Crippen LogP contribution in [0.25, 0.3) is 0 Å². The number of hydrogen-bond donors (Lipinski definition) is 1. The van der Waals surface area contributed by atoms with Gasteiger partial charge in [-0.05, 0) is 6.42 Å². The maximum atomic E-state index is 12.2. The highest BCUT2D eigenvalue weighted by Gasteiger charge is 2.16. The summed E-state index contributed by atoms with van der Waals surface area (Å²) in [7, 11) is 3.10. The third-order valence-corrected chi connectivity index (χ3v) is 3.62. The van der Waals surface area contributed by atoms with Crippen LogP contribution in [-0.4, -0.2) is 33.8 Å². The molecule has 2 aromatic heterocycles. The number of anilines is 1. The molecule has 0 saturated carbocycles. The Kier molecular flexibility index (Phi) is 4.69. The molecule has 2 rings (SSSR count). The van der Waals surface area contributed by atoms with Crippen molar-refractivity contribution in [2.75, 3.05) is 12.4 Å². The summed E-state index contributed by atoms with van der Waals surface area (Å²) >= 11 is 1.27. The summed E-state index contributed by atoms with van der Waals surface area (Å²) in [6.45, 7) is 1.94. The molecule has 0 bridgehead atoms. The summed E-state index contributed by atoms with van der Waals surface area (Å²) in [6, 6.07) is 0. The molecule has 0 aliphatic rings. The van der Waals surface area contributed by atoms with E-state index in [4.69, 9.17) is 0 Å². The van der Waals surface area contributed by atoms with Crippen molar-refractivity contribution in [2.45, 2.75) is 19.8 Å². The van der Waals surface area contributed by atoms with Crippen LogP contribution in [0.5, 0.6) is 0 Å². The Hall–Kier alpha value is -2.22. The van der Waals surface area contributed by atoms with E-state index in [0.29, 0.717) is 22.8 Å². The molecule has 1 amide bonds. The van der Waals surface area contributed by atoms with Crippen LogP contribution in [-0.2, 0) is 29.4 Å². The number of rotatable bonds is 5. The maximum absolute atomic E-state index is 12.2. The molecule has 7 nitrogen and oxygen atoms in total. The van der Waals surface area contributed by atoms with Gasteiger partial charge in [0.15, 0.2) is 5.13 Å². The van der Waals surface area contributed by atoms with Crippen LogP contribution >= 0.6 is 11.3 Å². The molecule has 0 radical (unpaired) electrons. The fourth-order valence-corrected chi connectivity index (χ4v) is 2.52. The Morgan fingerprint density at radius 3 is 2.90 bits per heavy atom. The van der Waals surface area contributed by atoms with Gasteiger partial charge in [-0.1, -0.05) is 6.92 Å². The van der Waals surface area contributed by atoms with Crippen LogP contribution in [0, 0.1) is 0 Å². The summed E-state index contributed by atoms with van der Waals surface area (Å²) in [5.41, 5.74) is 1.84. The van der Waals surface area contributed by atoms with Gasteiger partial charge in [0.1, 0.15) is 0 Å². The second kappa shape index (κ2) is 6.49. The third kappa shape index (κ3) is 3.66. The highest BCUT2D eigenvalue weighted by Crippen LogP contribution is 2.18. The lowest BCUT2D eigenvalue weighted by Gasteiger charge is -2.00. The zero-order valence-electron chi connectivity index (χ0n) is 12.0. The van der Waals surface area contributed by atoms with E-state index in [1.807, 2.05) is 6.92 Å². The molecule has 0 spiro atoms. The van der Waals surface area contributed by atoms with Crippen LogP contribution in [0.1, 0.15) is 28.7 Å². The highest BCUT2D eigenvalue weighted by atomic mass is 32.1. The van der Waals surface area contributed by atoms with Crippen molar-refractivity contribution in [2.24, 2.45) is 7.05 Å². The smallest absolute Gasteiger partial charge is 0.311 e. The molecule has 8 heteroatoms. The first-order chi connectivity index (χ1) is 10.0. The van der Waals surface area contributed by atoms with E-state index in [0.717, 1.165) is 5.69 Å². The van der Waals surface area contributed by atoms with Gasteiger partial charge in [-0.2, -0.15) is 5.10 Å². The average molecular weight is 308 g/mol. The normalized spacial score (nSPS) is 10.4. The molecule has 1 N–H and O–H groups in total. The number of aromatic nitrogens is 3. The monoisotopic (exact) mass is 308 g/mol. The van der Waals surface area contributed by atoms with Gasteiger partial charge in [0.05, 0.1) is 30.5 Å². The van der Waals surface area contributed by atoms with Crippen LogP contribution < -0.4 is 5.32 Å². The van der Waals surface area contributed by atoms with E-state index in [1.165, 1.54) is 18.4 Å². The minimum Gasteiger partial charge on any atom is -0.469 e. The molecule has 112 valence electrons. The summed E-state index contributed by atoms with van der Waals surface area (Å²) in [5, 5.41) is 9.11. The Morgan fingerprint density at radius 2 is 2.24 bits per heavy atom. The van der Waals surface area contributed by atoms with Crippen molar-refractivity contribution in [3.63, 3.8) is 0 Å². The van der Waals surface area contributed by atoms with Gasteiger partial charge in [0, 0.05) is 18.6 Å². The topological polar surface area (TPSA) is 86.1 Å². The first-order valence-corrected chi connectivity index (χ1v) is 7.26. The molecule has 0 atom stereocenters. The number of aryl methyl sites for hydroxylation is 2. The molecule has 0 saturated heterocycles. The number of esters is 1. The van der Waals surface area contributed by atoms with E-state index in [-0.39, 0.29) is 18.3 Å². The standard InChI is InChI=1S/C13H16N4O3S/c1-4-10-9(6-17(2)16-10)12(19)15-13-14-8(7-21-13)5-11(18)20-3/h6-7H,4-5H2,1-3H3,(H,14,15,19). The van der Waals surface area contributed by atoms with E-state index in [1.54, 1.807) is 23.3 Å². The van der Waals surface area contributed by atoms with Gasteiger partial charge in [0.25, 0.3) is 5.91 Å². The van der Waals surface area contributed by atoms with Crippen molar-refractivity contribution in [3.8, 4) is 0 Å². The number of thiazole rings is 1.